The van der Waals surface area contributed by atoms with Gasteiger partial charge in [-0.25, -0.2) is 0 Å². The van der Waals surface area contributed by atoms with E-state index in [0.29, 0.717) is 13.0 Å². The number of carbonyl (C=O) groups excluding carboxylic acids is 1. The molecule has 2 aromatic rings. The Labute approximate surface area is 128 Å². The normalized spacial score (nSPS) is 18.5. The molecule has 1 fully saturated rings. The van der Waals surface area contributed by atoms with Crippen molar-refractivity contribution in [2.75, 3.05) is 13.1 Å². The highest BCUT2D eigenvalue weighted by Gasteiger charge is 2.25. The molecule has 1 atom stereocenters. The first kappa shape index (κ1) is 14.1. The molecule has 4 nitrogen and oxygen atoms in total. The Kier molecular flexibility index (Phi) is 4.50. The molecule has 2 aromatic heterocycles. The maximum Gasteiger partial charge on any atom is 0.227 e. The van der Waals surface area contributed by atoms with E-state index in [9.17, 15) is 4.79 Å². The van der Waals surface area contributed by atoms with Crippen molar-refractivity contribution in [1.29, 1.82) is 0 Å². The molecule has 0 saturated carbocycles. The molecule has 1 unspecified atom stereocenters. The van der Waals surface area contributed by atoms with Crippen molar-refractivity contribution in [3.8, 4) is 5.75 Å². The Morgan fingerprint density at radius 2 is 2.24 bits per heavy atom. The van der Waals surface area contributed by atoms with Crippen LogP contribution in [0, 0.1) is 0 Å². The van der Waals surface area contributed by atoms with E-state index in [0.717, 1.165) is 30.0 Å². The van der Waals surface area contributed by atoms with Gasteiger partial charge in [-0.2, -0.15) is 0 Å². The maximum atomic E-state index is 12.3. The van der Waals surface area contributed by atoms with Crippen LogP contribution in [0.25, 0.3) is 0 Å². The van der Waals surface area contributed by atoms with E-state index in [-0.39, 0.29) is 12.0 Å². The lowest BCUT2D eigenvalue weighted by Crippen LogP contribution is -2.44. The summed E-state index contributed by atoms with van der Waals surface area (Å²) in [5, 5.41) is 2.01. The highest BCUT2D eigenvalue weighted by Crippen LogP contribution is 2.19. The van der Waals surface area contributed by atoms with Gasteiger partial charge in [0.2, 0.25) is 5.91 Å². The number of ether oxygens (including phenoxy) is 1. The summed E-state index contributed by atoms with van der Waals surface area (Å²) in [6.07, 6.45) is 6.00. The third kappa shape index (κ3) is 3.82. The van der Waals surface area contributed by atoms with Crippen LogP contribution in [0.3, 0.4) is 0 Å². The van der Waals surface area contributed by atoms with Gasteiger partial charge >= 0.3 is 0 Å². The van der Waals surface area contributed by atoms with E-state index in [2.05, 4.69) is 4.98 Å². The summed E-state index contributed by atoms with van der Waals surface area (Å²) < 4.78 is 5.94. The fraction of sp³-hybridized carbons (Fsp3) is 0.375. The minimum atomic E-state index is 0.0773. The van der Waals surface area contributed by atoms with Crippen LogP contribution < -0.4 is 4.74 Å². The molecular weight excluding hydrogens is 284 g/mol. The average molecular weight is 302 g/mol. The monoisotopic (exact) mass is 302 g/mol. The van der Waals surface area contributed by atoms with Crippen molar-refractivity contribution >= 4 is 17.2 Å². The molecule has 1 amide bonds. The van der Waals surface area contributed by atoms with Crippen LogP contribution >= 0.6 is 11.3 Å². The van der Waals surface area contributed by atoms with Crippen LogP contribution in [0.4, 0.5) is 0 Å². The van der Waals surface area contributed by atoms with Gasteiger partial charge in [-0.3, -0.25) is 9.78 Å². The second kappa shape index (κ2) is 6.72. The van der Waals surface area contributed by atoms with E-state index in [1.165, 1.54) is 0 Å². The summed E-state index contributed by atoms with van der Waals surface area (Å²) in [4.78, 5) is 19.4. The summed E-state index contributed by atoms with van der Waals surface area (Å²) in [7, 11) is 0. The lowest BCUT2D eigenvalue weighted by atomic mass is 10.1. The smallest absolute Gasteiger partial charge is 0.227 e. The van der Waals surface area contributed by atoms with E-state index in [1.807, 2.05) is 34.5 Å². The topological polar surface area (TPSA) is 42.4 Å². The van der Waals surface area contributed by atoms with E-state index in [4.69, 9.17) is 4.74 Å². The molecule has 5 heteroatoms. The lowest BCUT2D eigenvalue weighted by Gasteiger charge is -2.33. The number of piperidine rings is 1. The Bertz CT molecular complexity index is 571. The Balaban J connectivity index is 1.56. The molecule has 110 valence electrons. The molecule has 1 aliphatic rings. The molecule has 1 saturated heterocycles. The van der Waals surface area contributed by atoms with Crippen LogP contribution in [0.15, 0.2) is 42.0 Å². The molecule has 0 radical (unpaired) electrons. The zero-order chi connectivity index (χ0) is 14.5. The van der Waals surface area contributed by atoms with Crippen molar-refractivity contribution < 1.29 is 9.53 Å². The number of likely N-dealkylation sites (tertiary alicyclic amines) is 1. The Morgan fingerprint density at radius 1 is 1.38 bits per heavy atom. The zero-order valence-electron chi connectivity index (χ0n) is 11.8. The van der Waals surface area contributed by atoms with Crippen molar-refractivity contribution in [3.63, 3.8) is 0 Å². The van der Waals surface area contributed by atoms with Crippen LogP contribution in [-0.2, 0) is 11.2 Å². The van der Waals surface area contributed by atoms with E-state index < -0.39 is 0 Å². The fourth-order valence-electron chi connectivity index (χ4n) is 2.54. The second-order valence-corrected chi connectivity index (χ2v) is 6.19. The first-order valence-electron chi connectivity index (χ1n) is 7.18. The molecule has 0 aliphatic carbocycles. The van der Waals surface area contributed by atoms with Gasteiger partial charge in [0.1, 0.15) is 11.9 Å². The van der Waals surface area contributed by atoms with Crippen LogP contribution in [0.1, 0.15) is 17.7 Å². The summed E-state index contributed by atoms with van der Waals surface area (Å²) >= 11 is 1.63. The number of carbonyl (C=O) groups is 1. The highest BCUT2D eigenvalue weighted by molar-refractivity contribution is 7.10. The molecule has 3 heterocycles. The minimum Gasteiger partial charge on any atom is -0.488 e. The predicted octanol–water partition coefficient (Wildman–Crippen LogP) is 2.76. The van der Waals surface area contributed by atoms with Crippen molar-refractivity contribution in [3.05, 3.63) is 46.9 Å². The van der Waals surface area contributed by atoms with E-state index in [1.54, 1.807) is 23.7 Å². The first-order valence-corrected chi connectivity index (χ1v) is 8.06. The van der Waals surface area contributed by atoms with Gasteiger partial charge in [0.15, 0.2) is 0 Å². The molecular formula is C16H18N2O2S. The molecule has 0 N–H and O–H groups in total. The summed E-state index contributed by atoms with van der Waals surface area (Å²) in [5.74, 6) is 1.02. The maximum absolute atomic E-state index is 12.3. The first-order chi connectivity index (χ1) is 10.3. The van der Waals surface area contributed by atoms with Crippen LogP contribution in [0.2, 0.25) is 0 Å². The molecule has 0 bridgehead atoms. The number of rotatable bonds is 4. The molecule has 3 rings (SSSR count). The Morgan fingerprint density at radius 3 is 3.00 bits per heavy atom. The van der Waals surface area contributed by atoms with Crippen molar-refractivity contribution in [2.45, 2.75) is 25.4 Å². The van der Waals surface area contributed by atoms with Gasteiger partial charge in [0.25, 0.3) is 0 Å². The highest BCUT2D eigenvalue weighted by atomic mass is 32.1. The van der Waals surface area contributed by atoms with Gasteiger partial charge in [-0.1, -0.05) is 6.07 Å². The molecule has 21 heavy (non-hydrogen) atoms. The number of amides is 1. The summed E-state index contributed by atoms with van der Waals surface area (Å²) in [5.41, 5.74) is 0. The minimum absolute atomic E-state index is 0.0773. The lowest BCUT2D eigenvalue weighted by molar-refractivity contribution is -0.133. The van der Waals surface area contributed by atoms with Gasteiger partial charge in [-0.05, 0) is 36.4 Å². The van der Waals surface area contributed by atoms with Gasteiger partial charge in [0.05, 0.1) is 13.0 Å². The number of hydrogen-bond donors (Lipinski definition) is 0. The number of pyridine rings is 1. The quantitative estimate of drug-likeness (QED) is 0.872. The average Bonchev–Trinajstić information content (AvgIpc) is 3.01. The van der Waals surface area contributed by atoms with Gasteiger partial charge in [0, 0.05) is 23.8 Å². The Hall–Kier alpha value is -1.88. The van der Waals surface area contributed by atoms with Gasteiger partial charge in [-0.15, -0.1) is 11.3 Å². The van der Waals surface area contributed by atoms with Crippen molar-refractivity contribution in [1.82, 2.24) is 9.88 Å². The van der Waals surface area contributed by atoms with Crippen molar-refractivity contribution in [2.24, 2.45) is 0 Å². The number of thiophene rings is 1. The zero-order valence-corrected chi connectivity index (χ0v) is 12.6. The molecule has 0 spiro atoms. The number of hydrogen-bond acceptors (Lipinski definition) is 4. The van der Waals surface area contributed by atoms with E-state index >= 15 is 0 Å². The number of nitrogens with zero attached hydrogens (tertiary/aromatic N) is 2. The fourth-order valence-corrected chi connectivity index (χ4v) is 3.24. The second-order valence-electron chi connectivity index (χ2n) is 5.16. The third-order valence-corrected chi connectivity index (χ3v) is 4.47. The third-order valence-electron chi connectivity index (χ3n) is 3.59. The predicted molar refractivity (Wildman–Crippen MR) is 82.5 cm³/mol. The van der Waals surface area contributed by atoms with Crippen LogP contribution in [-0.4, -0.2) is 35.0 Å². The standard InChI is InChI=1S/C16H18N2O2S/c19-16(11-15-4-2-10-21-15)18-9-1-3-14(12-18)20-13-5-7-17-8-6-13/h2,4-8,10,14H,1,3,9,11-12H2. The largest absolute Gasteiger partial charge is 0.488 e. The summed E-state index contributed by atoms with van der Waals surface area (Å²) in [6, 6.07) is 7.70. The molecule has 1 aliphatic heterocycles. The molecule has 0 aromatic carbocycles. The van der Waals surface area contributed by atoms with Gasteiger partial charge < -0.3 is 9.64 Å². The SMILES string of the molecule is O=C(Cc1cccs1)N1CCCC(Oc2ccncc2)C1. The summed E-state index contributed by atoms with van der Waals surface area (Å²) in [6.45, 7) is 1.51. The van der Waals surface area contributed by atoms with Crippen LogP contribution in [0.5, 0.6) is 5.75 Å². The number of aromatic nitrogens is 1.